The zero-order valence-corrected chi connectivity index (χ0v) is 15.7. The molecule has 0 unspecified atom stereocenters. The van der Waals surface area contributed by atoms with Crippen molar-refractivity contribution in [1.29, 1.82) is 0 Å². The van der Waals surface area contributed by atoms with Crippen LogP contribution >= 0.6 is 0 Å². The van der Waals surface area contributed by atoms with Crippen molar-refractivity contribution in [3.8, 4) is 0 Å². The number of nitrogens with zero attached hydrogens (tertiary/aromatic N) is 2. The molecule has 0 amide bonds. The Kier molecular flexibility index (Phi) is 5.50. The summed E-state index contributed by atoms with van der Waals surface area (Å²) in [6.07, 6.45) is 3.38. The zero-order chi connectivity index (χ0) is 18.1. The van der Waals surface area contributed by atoms with E-state index in [0.717, 1.165) is 19.3 Å². The number of benzene rings is 1. The normalized spacial score (nSPS) is 23.8. The van der Waals surface area contributed by atoms with Crippen LogP contribution in [0.3, 0.4) is 0 Å². The Balaban J connectivity index is 1.80. The van der Waals surface area contributed by atoms with Crippen LogP contribution in [0.5, 0.6) is 0 Å². The maximum absolute atomic E-state index is 12.6. The van der Waals surface area contributed by atoms with Gasteiger partial charge in [0.05, 0.1) is 9.79 Å². The van der Waals surface area contributed by atoms with Crippen LogP contribution in [-0.4, -0.2) is 63.3 Å². The van der Waals surface area contributed by atoms with Crippen LogP contribution in [0.2, 0.25) is 0 Å². The largest absolute Gasteiger partial charge is 0.396 e. The van der Waals surface area contributed by atoms with Crippen LogP contribution in [0, 0.1) is 5.92 Å². The molecule has 2 aliphatic rings. The molecule has 2 fully saturated rings. The standard InChI is InChI=1S/C16H24N2O5S2/c19-13-14-8-11-18(12-14)25(22,23)16-6-4-15(5-7-16)24(20,21)17-9-2-1-3-10-17/h4-7,14,19H,1-3,8-13H2/t14-/m1/s1. The van der Waals surface area contributed by atoms with E-state index in [9.17, 15) is 21.9 Å². The highest BCUT2D eigenvalue weighted by molar-refractivity contribution is 7.89. The molecule has 0 bridgehead atoms. The summed E-state index contributed by atoms with van der Waals surface area (Å²) in [5.74, 6) is -0.0338. The van der Waals surface area contributed by atoms with Crippen molar-refractivity contribution in [2.75, 3.05) is 32.8 Å². The topological polar surface area (TPSA) is 95.0 Å². The third kappa shape index (κ3) is 3.75. The van der Waals surface area contributed by atoms with Gasteiger partial charge in [0.25, 0.3) is 0 Å². The van der Waals surface area contributed by atoms with Gasteiger partial charge in [-0.2, -0.15) is 8.61 Å². The monoisotopic (exact) mass is 388 g/mol. The first-order valence-electron chi connectivity index (χ1n) is 8.57. The van der Waals surface area contributed by atoms with Gasteiger partial charge >= 0.3 is 0 Å². The summed E-state index contributed by atoms with van der Waals surface area (Å²) >= 11 is 0. The van der Waals surface area contributed by atoms with Gasteiger partial charge in [0.15, 0.2) is 0 Å². The minimum absolute atomic E-state index is 0.0287. The second-order valence-corrected chi connectivity index (χ2v) is 10.5. The summed E-state index contributed by atoms with van der Waals surface area (Å²) in [6.45, 7) is 1.67. The lowest BCUT2D eigenvalue weighted by molar-refractivity contribution is 0.233. The van der Waals surface area contributed by atoms with Crippen molar-refractivity contribution >= 4 is 20.0 Å². The molecule has 3 rings (SSSR count). The maximum atomic E-state index is 12.6. The summed E-state index contributed by atoms with van der Waals surface area (Å²) in [7, 11) is -7.22. The molecule has 1 N–H and O–H groups in total. The average Bonchev–Trinajstić information content (AvgIpc) is 3.12. The molecule has 0 saturated carbocycles. The van der Waals surface area contributed by atoms with Gasteiger partial charge in [-0.15, -0.1) is 0 Å². The van der Waals surface area contributed by atoms with Crippen LogP contribution in [0.4, 0.5) is 0 Å². The number of rotatable bonds is 5. The fraction of sp³-hybridized carbons (Fsp3) is 0.625. The molecule has 140 valence electrons. The molecule has 0 aromatic heterocycles. The molecule has 7 nitrogen and oxygen atoms in total. The zero-order valence-electron chi connectivity index (χ0n) is 14.0. The van der Waals surface area contributed by atoms with Gasteiger partial charge in [-0.05, 0) is 49.4 Å². The Morgan fingerprint density at radius 1 is 0.840 bits per heavy atom. The Labute approximate surface area is 149 Å². The quantitative estimate of drug-likeness (QED) is 0.807. The fourth-order valence-corrected chi connectivity index (χ4v) is 6.40. The molecule has 0 spiro atoms. The van der Waals surface area contributed by atoms with Crippen molar-refractivity contribution in [3.05, 3.63) is 24.3 Å². The molecule has 1 aromatic rings. The smallest absolute Gasteiger partial charge is 0.243 e. The second-order valence-electron chi connectivity index (χ2n) is 6.64. The average molecular weight is 389 g/mol. The minimum atomic E-state index is -3.66. The Hall–Kier alpha value is -1.00. The highest BCUT2D eigenvalue weighted by Gasteiger charge is 2.33. The summed E-state index contributed by atoms with van der Waals surface area (Å²) in [5, 5.41) is 9.18. The van der Waals surface area contributed by atoms with Crippen LogP contribution in [0.25, 0.3) is 0 Å². The SMILES string of the molecule is O=S(=O)(c1ccc(S(=O)(=O)N2CC[C@@H](CO)C2)cc1)N1CCCCC1. The summed E-state index contributed by atoms with van der Waals surface area (Å²) in [5.41, 5.74) is 0. The number of hydrogen-bond acceptors (Lipinski definition) is 5. The fourth-order valence-electron chi connectivity index (χ4n) is 3.35. The highest BCUT2D eigenvalue weighted by Crippen LogP contribution is 2.26. The van der Waals surface area contributed by atoms with Crippen LogP contribution < -0.4 is 0 Å². The summed E-state index contributed by atoms with van der Waals surface area (Å²) in [6, 6.07) is 5.46. The number of piperidine rings is 1. The van der Waals surface area contributed by atoms with E-state index in [1.807, 2.05) is 0 Å². The third-order valence-corrected chi connectivity index (χ3v) is 8.71. The van der Waals surface area contributed by atoms with Gasteiger partial charge in [0, 0.05) is 32.8 Å². The molecular weight excluding hydrogens is 364 g/mol. The van der Waals surface area contributed by atoms with Crippen molar-refractivity contribution in [1.82, 2.24) is 8.61 Å². The molecule has 1 aromatic carbocycles. The number of aliphatic hydroxyl groups excluding tert-OH is 1. The molecule has 2 heterocycles. The first-order valence-corrected chi connectivity index (χ1v) is 11.4. The lowest BCUT2D eigenvalue weighted by atomic mass is 10.1. The molecule has 25 heavy (non-hydrogen) atoms. The van der Waals surface area contributed by atoms with E-state index >= 15 is 0 Å². The van der Waals surface area contributed by atoms with Crippen molar-refractivity contribution in [2.24, 2.45) is 5.92 Å². The van der Waals surface area contributed by atoms with Crippen LogP contribution in [0.15, 0.2) is 34.1 Å². The van der Waals surface area contributed by atoms with E-state index < -0.39 is 20.0 Å². The van der Waals surface area contributed by atoms with Crippen molar-refractivity contribution < 1.29 is 21.9 Å². The van der Waals surface area contributed by atoms with Crippen LogP contribution in [-0.2, 0) is 20.0 Å². The van der Waals surface area contributed by atoms with E-state index in [-0.39, 0.29) is 22.3 Å². The predicted molar refractivity (Wildman–Crippen MR) is 93.0 cm³/mol. The van der Waals surface area contributed by atoms with Gasteiger partial charge in [0.2, 0.25) is 20.0 Å². The molecule has 2 saturated heterocycles. The molecule has 0 aliphatic carbocycles. The van der Waals surface area contributed by atoms with E-state index in [0.29, 0.717) is 32.6 Å². The molecular formula is C16H24N2O5S2. The first-order chi connectivity index (χ1) is 11.9. The Morgan fingerprint density at radius 2 is 1.36 bits per heavy atom. The summed E-state index contributed by atoms with van der Waals surface area (Å²) in [4.78, 5) is 0.215. The first kappa shape index (κ1) is 18.8. The van der Waals surface area contributed by atoms with Gasteiger partial charge in [-0.25, -0.2) is 16.8 Å². The summed E-state index contributed by atoms with van der Waals surface area (Å²) < 4.78 is 53.3. The number of aliphatic hydroxyl groups is 1. The Morgan fingerprint density at radius 3 is 1.84 bits per heavy atom. The van der Waals surface area contributed by atoms with Crippen molar-refractivity contribution in [3.63, 3.8) is 0 Å². The van der Waals surface area contributed by atoms with Gasteiger partial charge in [-0.1, -0.05) is 6.42 Å². The third-order valence-electron chi connectivity index (χ3n) is 4.92. The van der Waals surface area contributed by atoms with E-state index in [2.05, 4.69) is 0 Å². The van der Waals surface area contributed by atoms with Crippen molar-refractivity contribution in [2.45, 2.75) is 35.5 Å². The number of sulfonamides is 2. The predicted octanol–water partition coefficient (Wildman–Crippen LogP) is 0.864. The van der Waals surface area contributed by atoms with Gasteiger partial charge in [-0.3, -0.25) is 0 Å². The molecule has 2 aliphatic heterocycles. The lowest BCUT2D eigenvalue weighted by Gasteiger charge is -2.26. The lowest BCUT2D eigenvalue weighted by Crippen LogP contribution is -2.35. The van der Waals surface area contributed by atoms with Gasteiger partial charge in [0.1, 0.15) is 0 Å². The van der Waals surface area contributed by atoms with E-state index in [4.69, 9.17) is 0 Å². The molecule has 9 heteroatoms. The Bertz CT molecular complexity index is 799. The minimum Gasteiger partial charge on any atom is -0.396 e. The number of hydrogen-bond donors (Lipinski definition) is 1. The molecule has 0 radical (unpaired) electrons. The van der Waals surface area contributed by atoms with Gasteiger partial charge < -0.3 is 5.11 Å². The van der Waals surface area contributed by atoms with E-state index in [1.54, 1.807) is 0 Å². The second kappa shape index (κ2) is 7.32. The highest BCUT2D eigenvalue weighted by atomic mass is 32.2. The maximum Gasteiger partial charge on any atom is 0.243 e. The van der Waals surface area contributed by atoms with Crippen LogP contribution in [0.1, 0.15) is 25.7 Å². The van der Waals surface area contributed by atoms with E-state index in [1.165, 1.54) is 32.9 Å². The molecule has 1 atom stereocenters.